The van der Waals surface area contributed by atoms with Crippen molar-refractivity contribution in [1.82, 2.24) is 20.0 Å². The van der Waals surface area contributed by atoms with E-state index in [2.05, 4.69) is 10.4 Å². The van der Waals surface area contributed by atoms with Crippen LogP contribution in [0.3, 0.4) is 0 Å². The maximum atomic E-state index is 12.8. The van der Waals surface area contributed by atoms with Crippen LogP contribution in [0, 0.1) is 13.8 Å². The van der Waals surface area contributed by atoms with Gasteiger partial charge in [0.25, 0.3) is 11.7 Å². The number of nitrogens with zero attached hydrogens (tertiary/aromatic N) is 3. The minimum Gasteiger partial charge on any atom is -0.369 e. The van der Waals surface area contributed by atoms with Crippen LogP contribution in [-0.4, -0.2) is 58.0 Å². The van der Waals surface area contributed by atoms with Crippen molar-refractivity contribution in [3.8, 4) is 5.69 Å². The molecule has 1 fully saturated rings. The molecule has 0 bridgehead atoms. The van der Waals surface area contributed by atoms with E-state index in [-0.39, 0.29) is 18.5 Å². The molecule has 0 radical (unpaired) electrons. The Morgan fingerprint density at radius 3 is 2.39 bits per heavy atom. The van der Waals surface area contributed by atoms with Gasteiger partial charge in [-0.15, -0.1) is 0 Å². The van der Waals surface area contributed by atoms with E-state index in [1.54, 1.807) is 18.5 Å². The Bertz CT molecular complexity index is 883. The fourth-order valence-corrected chi connectivity index (χ4v) is 3.61. The van der Waals surface area contributed by atoms with Crippen LogP contribution in [0.4, 0.5) is 0 Å². The third-order valence-corrected chi connectivity index (χ3v) is 5.03. The number of para-hydroxylation sites is 1. The second-order valence-corrected chi connectivity index (χ2v) is 7.11. The Kier molecular flexibility index (Phi) is 5.89. The first-order valence-corrected chi connectivity index (χ1v) is 9.34. The number of hydrogen-bond acceptors (Lipinski definition) is 5. The van der Waals surface area contributed by atoms with Gasteiger partial charge in [0.2, 0.25) is 5.91 Å². The molecule has 1 aliphatic heterocycles. The zero-order valence-corrected chi connectivity index (χ0v) is 16.1. The summed E-state index contributed by atoms with van der Waals surface area (Å²) in [7, 11) is 0. The summed E-state index contributed by atoms with van der Waals surface area (Å²) in [5.74, 6) is -1.55. The molecule has 148 valence electrons. The van der Waals surface area contributed by atoms with Gasteiger partial charge in [-0.2, -0.15) is 5.10 Å². The number of ketones is 1. The molecule has 2 heterocycles. The number of rotatable bonds is 6. The van der Waals surface area contributed by atoms with Crippen molar-refractivity contribution in [2.45, 2.75) is 32.7 Å². The van der Waals surface area contributed by atoms with Gasteiger partial charge in [0.15, 0.2) is 0 Å². The third kappa shape index (κ3) is 4.28. The van der Waals surface area contributed by atoms with Crippen molar-refractivity contribution in [2.75, 3.05) is 19.6 Å². The molecule has 2 amide bonds. The lowest BCUT2D eigenvalue weighted by atomic mass is 10.0. The second-order valence-electron chi connectivity index (χ2n) is 7.11. The Morgan fingerprint density at radius 1 is 1.14 bits per heavy atom. The van der Waals surface area contributed by atoms with Crippen molar-refractivity contribution < 1.29 is 14.4 Å². The van der Waals surface area contributed by atoms with Gasteiger partial charge in [0, 0.05) is 19.1 Å². The van der Waals surface area contributed by atoms with Gasteiger partial charge in [0.1, 0.15) is 0 Å². The molecule has 0 unspecified atom stereocenters. The van der Waals surface area contributed by atoms with Crippen LogP contribution in [0.25, 0.3) is 5.69 Å². The highest BCUT2D eigenvalue weighted by Gasteiger charge is 2.28. The Labute approximate surface area is 163 Å². The molecule has 1 saturated heterocycles. The Morgan fingerprint density at radius 2 is 1.79 bits per heavy atom. The number of aryl methyl sites for hydroxylation is 1. The molecule has 0 atom stereocenters. The number of Topliss-reactive ketones (excluding diaryl/α,β-unsaturated/α-hetero) is 1. The zero-order valence-electron chi connectivity index (χ0n) is 16.1. The molecule has 0 spiro atoms. The maximum absolute atomic E-state index is 12.8. The number of primary amides is 1. The van der Waals surface area contributed by atoms with Gasteiger partial charge in [-0.05, 0) is 38.8 Å². The molecule has 0 saturated carbocycles. The van der Waals surface area contributed by atoms with Crippen LogP contribution in [0.15, 0.2) is 30.3 Å². The average molecular weight is 383 g/mol. The number of carbonyl (C=O) groups excluding carboxylic acids is 3. The fraction of sp³-hybridized carbons (Fsp3) is 0.400. The highest BCUT2D eigenvalue weighted by atomic mass is 16.2. The molecule has 1 aromatic carbocycles. The molecular weight excluding hydrogens is 358 g/mol. The number of benzene rings is 1. The standard InChI is InChI=1S/C20H25N5O3/c1-13-18(14(2)25(23-13)16-6-4-3-5-7-16)19(27)20(28)22-15-8-10-24(11-9-15)12-17(21)26/h3-7,15H,8-12H2,1-2H3,(H2,21,26)(H,22,28). The summed E-state index contributed by atoms with van der Waals surface area (Å²) in [5.41, 5.74) is 7.55. The summed E-state index contributed by atoms with van der Waals surface area (Å²) in [6.45, 7) is 5.06. The van der Waals surface area contributed by atoms with E-state index in [9.17, 15) is 14.4 Å². The Hall–Kier alpha value is -3.00. The van der Waals surface area contributed by atoms with Crippen LogP contribution in [0.1, 0.15) is 34.6 Å². The molecule has 3 rings (SSSR count). The number of likely N-dealkylation sites (tertiary alicyclic amines) is 1. The van der Waals surface area contributed by atoms with Crippen molar-refractivity contribution >= 4 is 17.6 Å². The molecule has 3 N–H and O–H groups in total. The topological polar surface area (TPSA) is 110 Å². The summed E-state index contributed by atoms with van der Waals surface area (Å²) in [6, 6.07) is 9.39. The van der Waals surface area contributed by atoms with E-state index in [1.165, 1.54) is 0 Å². The highest BCUT2D eigenvalue weighted by molar-refractivity contribution is 6.43. The quantitative estimate of drug-likeness (QED) is 0.565. The van der Waals surface area contributed by atoms with Crippen LogP contribution in [0.5, 0.6) is 0 Å². The molecule has 2 aromatic rings. The molecular formula is C20H25N5O3. The molecule has 28 heavy (non-hydrogen) atoms. The van der Waals surface area contributed by atoms with Gasteiger partial charge in [-0.25, -0.2) is 4.68 Å². The van der Waals surface area contributed by atoms with Gasteiger partial charge >= 0.3 is 0 Å². The summed E-state index contributed by atoms with van der Waals surface area (Å²) in [4.78, 5) is 38.3. The molecule has 0 aliphatic carbocycles. The first-order valence-electron chi connectivity index (χ1n) is 9.34. The number of piperidine rings is 1. The normalized spacial score (nSPS) is 15.4. The summed E-state index contributed by atoms with van der Waals surface area (Å²) < 4.78 is 1.68. The van der Waals surface area contributed by atoms with E-state index >= 15 is 0 Å². The smallest absolute Gasteiger partial charge is 0.292 e. The van der Waals surface area contributed by atoms with Crippen LogP contribution >= 0.6 is 0 Å². The lowest BCUT2D eigenvalue weighted by Crippen LogP contribution is -2.48. The minimum absolute atomic E-state index is 0.0923. The molecule has 8 heteroatoms. The van der Waals surface area contributed by atoms with Crippen molar-refractivity contribution in [3.63, 3.8) is 0 Å². The third-order valence-electron chi connectivity index (χ3n) is 5.03. The zero-order chi connectivity index (χ0) is 20.3. The predicted octanol–water partition coefficient (Wildman–Crippen LogP) is 0.738. The number of aromatic nitrogens is 2. The summed E-state index contributed by atoms with van der Waals surface area (Å²) >= 11 is 0. The van der Waals surface area contributed by atoms with E-state index in [0.717, 1.165) is 5.69 Å². The van der Waals surface area contributed by atoms with Crippen LogP contribution in [-0.2, 0) is 9.59 Å². The van der Waals surface area contributed by atoms with E-state index < -0.39 is 11.7 Å². The monoisotopic (exact) mass is 383 g/mol. The summed E-state index contributed by atoms with van der Waals surface area (Å²) in [6.07, 6.45) is 1.35. The number of carbonyl (C=O) groups is 3. The molecule has 1 aromatic heterocycles. The lowest BCUT2D eigenvalue weighted by molar-refractivity contribution is -0.120. The Balaban J connectivity index is 1.67. The average Bonchev–Trinajstić information content (AvgIpc) is 2.97. The SMILES string of the molecule is Cc1nn(-c2ccccc2)c(C)c1C(=O)C(=O)NC1CCN(CC(N)=O)CC1. The molecule has 8 nitrogen and oxygen atoms in total. The largest absolute Gasteiger partial charge is 0.369 e. The number of amides is 2. The first-order chi connectivity index (χ1) is 13.4. The van der Waals surface area contributed by atoms with Gasteiger partial charge in [0.05, 0.1) is 29.2 Å². The predicted molar refractivity (Wildman–Crippen MR) is 104 cm³/mol. The van der Waals surface area contributed by atoms with E-state index in [1.807, 2.05) is 35.2 Å². The minimum atomic E-state index is -0.618. The van der Waals surface area contributed by atoms with Crippen molar-refractivity contribution in [1.29, 1.82) is 0 Å². The van der Waals surface area contributed by atoms with Crippen molar-refractivity contribution in [3.05, 3.63) is 47.3 Å². The van der Waals surface area contributed by atoms with Crippen LogP contribution < -0.4 is 11.1 Å². The molecule has 1 aliphatic rings. The number of nitrogens with two attached hydrogens (primary N) is 1. The van der Waals surface area contributed by atoms with Gasteiger partial charge in [-0.1, -0.05) is 18.2 Å². The van der Waals surface area contributed by atoms with Crippen molar-refractivity contribution in [2.24, 2.45) is 5.73 Å². The second kappa shape index (κ2) is 8.35. The fourth-order valence-electron chi connectivity index (χ4n) is 3.61. The van der Waals surface area contributed by atoms with Gasteiger partial charge in [-0.3, -0.25) is 19.3 Å². The first kappa shape index (κ1) is 19.8. The van der Waals surface area contributed by atoms with E-state index in [0.29, 0.717) is 42.9 Å². The number of nitrogens with one attached hydrogen (secondary N) is 1. The van der Waals surface area contributed by atoms with Crippen LogP contribution in [0.2, 0.25) is 0 Å². The lowest BCUT2D eigenvalue weighted by Gasteiger charge is -2.31. The number of hydrogen-bond donors (Lipinski definition) is 2. The summed E-state index contributed by atoms with van der Waals surface area (Å²) in [5, 5.41) is 7.26. The van der Waals surface area contributed by atoms with Gasteiger partial charge < -0.3 is 11.1 Å². The van der Waals surface area contributed by atoms with E-state index in [4.69, 9.17) is 5.73 Å². The highest BCUT2D eigenvalue weighted by Crippen LogP contribution is 2.19. The maximum Gasteiger partial charge on any atom is 0.292 e.